The summed E-state index contributed by atoms with van der Waals surface area (Å²) in [4.78, 5) is 25.7. The normalized spacial score (nSPS) is 21.3. The Morgan fingerprint density at radius 3 is 2.50 bits per heavy atom. The van der Waals surface area contributed by atoms with Crippen LogP contribution in [0.2, 0.25) is 0 Å². The number of hydrogen-bond acceptors (Lipinski definition) is 8. The Hall–Kier alpha value is -2.70. The lowest BCUT2D eigenvalue weighted by atomic mass is 10.1. The van der Waals surface area contributed by atoms with Crippen molar-refractivity contribution in [3.05, 3.63) is 23.0 Å². The van der Waals surface area contributed by atoms with Crippen LogP contribution in [-0.2, 0) is 4.79 Å². The van der Waals surface area contributed by atoms with E-state index in [4.69, 9.17) is 14.4 Å². The van der Waals surface area contributed by atoms with Gasteiger partial charge in [0.15, 0.2) is 5.69 Å². The first-order valence-electron chi connectivity index (χ1n) is 8.25. The summed E-state index contributed by atoms with van der Waals surface area (Å²) in [5.74, 6) is -2.12. The second-order valence-corrected chi connectivity index (χ2v) is 7.06. The lowest BCUT2D eigenvalue weighted by Gasteiger charge is -2.24. The van der Waals surface area contributed by atoms with Crippen molar-refractivity contribution in [3.63, 3.8) is 0 Å². The molecule has 2 aliphatic heterocycles. The fourth-order valence-electron chi connectivity index (χ4n) is 3.38. The molecule has 0 saturated carbocycles. The van der Waals surface area contributed by atoms with Crippen LogP contribution >= 0.6 is 11.3 Å². The van der Waals surface area contributed by atoms with Crippen molar-refractivity contribution in [3.8, 4) is 0 Å². The minimum absolute atomic E-state index is 0.0292. The molecule has 4 heterocycles. The summed E-state index contributed by atoms with van der Waals surface area (Å²) in [5.41, 5.74) is 2.15. The van der Waals surface area contributed by atoms with E-state index in [1.165, 1.54) is 0 Å². The van der Waals surface area contributed by atoms with Gasteiger partial charge in [0.05, 0.1) is 12.1 Å². The van der Waals surface area contributed by atoms with Crippen molar-refractivity contribution in [2.45, 2.75) is 38.0 Å². The Labute approximate surface area is 160 Å². The molecule has 2 aliphatic rings. The van der Waals surface area contributed by atoms with Crippen LogP contribution in [0.25, 0.3) is 0 Å². The maximum Gasteiger partial charge on any atom is 0.490 e. The molecule has 2 saturated heterocycles. The Balaban J connectivity index is 0.000000279. The van der Waals surface area contributed by atoms with E-state index < -0.39 is 12.1 Å². The van der Waals surface area contributed by atoms with Crippen LogP contribution < -0.4 is 4.90 Å². The van der Waals surface area contributed by atoms with Crippen LogP contribution in [0.4, 0.5) is 18.3 Å². The first-order valence-corrected chi connectivity index (χ1v) is 9.13. The third-order valence-corrected chi connectivity index (χ3v) is 5.25. The first-order chi connectivity index (χ1) is 13.2. The maximum absolute atomic E-state index is 12.6. The second-order valence-electron chi connectivity index (χ2n) is 6.25. The number of hydrogen-bond donors (Lipinski definition) is 1. The predicted octanol–water partition coefficient (Wildman–Crippen LogP) is 1.96. The molecule has 2 aromatic rings. The fourth-order valence-corrected chi connectivity index (χ4v) is 4.03. The third kappa shape index (κ3) is 4.08. The van der Waals surface area contributed by atoms with Crippen molar-refractivity contribution in [2.75, 3.05) is 18.0 Å². The molecule has 1 N–H and O–H groups in total. The SMILES string of the molecule is Cc1cc(C(=O)N2CC[C@H]3[C@H]2CCN3c2nncs2)no1.O=C(O)C(F)(F)F. The van der Waals surface area contributed by atoms with Crippen molar-refractivity contribution >= 4 is 28.3 Å². The van der Waals surface area contributed by atoms with E-state index in [2.05, 4.69) is 20.3 Å². The number of likely N-dealkylation sites (tertiary alicyclic amines) is 1. The number of carboxylic acid groups (broad SMARTS) is 1. The van der Waals surface area contributed by atoms with E-state index in [1.807, 2.05) is 4.90 Å². The monoisotopic (exact) mass is 419 g/mol. The average molecular weight is 419 g/mol. The van der Waals surface area contributed by atoms with Gasteiger partial charge in [-0.25, -0.2) is 4.79 Å². The Bertz CT molecular complexity index is 841. The van der Waals surface area contributed by atoms with Crippen LogP contribution in [0.15, 0.2) is 16.1 Å². The van der Waals surface area contributed by atoms with Gasteiger partial charge < -0.3 is 19.4 Å². The van der Waals surface area contributed by atoms with Gasteiger partial charge in [0.25, 0.3) is 5.91 Å². The molecule has 152 valence electrons. The fraction of sp³-hybridized carbons (Fsp3) is 0.533. The number of rotatable bonds is 2. The van der Waals surface area contributed by atoms with Crippen molar-refractivity contribution < 1.29 is 32.4 Å². The molecular formula is C15H16F3N5O4S. The highest BCUT2D eigenvalue weighted by Crippen LogP contribution is 2.36. The highest BCUT2D eigenvalue weighted by atomic mass is 32.1. The van der Waals surface area contributed by atoms with Crippen molar-refractivity contribution in [2.24, 2.45) is 0 Å². The molecular weight excluding hydrogens is 403 g/mol. The topological polar surface area (TPSA) is 113 Å². The van der Waals surface area contributed by atoms with Crippen LogP contribution in [0.5, 0.6) is 0 Å². The molecule has 2 aromatic heterocycles. The van der Waals surface area contributed by atoms with Gasteiger partial charge in [-0.1, -0.05) is 16.5 Å². The summed E-state index contributed by atoms with van der Waals surface area (Å²) in [6.45, 7) is 3.48. The van der Waals surface area contributed by atoms with Crippen LogP contribution in [0.3, 0.4) is 0 Å². The van der Waals surface area contributed by atoms with E-state index in [0.29, 0.717) is 17.5 Å². The molecule has 13 heteroatoms. The summed E-state index contributed by atoms with van der Waals surface area (Å²) in [6, 6.07) is 2.28. The molecule has 0 bridgehead atoms. The van der Waals surface area contributed by atoms with Crippen molar-refractivity contribution in [1.29, 1.82) is 0 Å². The Morgan fingerprint density at radius 1 is 1.29 bits per heavy atom. The predicted molar refractivity (Wildman–Crippen MR) is 90.0 cm³/mol. The first kappa shape index (κ1) is 20.0. The zero-order chi connectivity index (χ0) is 20.5. The van der Waals surface area contributed by atoms with E-state index in [0.717, 1.165) is 31.1 Å². The quantitative estimate of drug-likeness (QED) is 0.786. The van der Waals surface area contributed by atoms with Crippen LogP contribution in [0, 0.1) is 6.92 Å². The highest BCUT2D eigenvalue weighted by Gasteiger charge is 2.45. The largest absolute Gasteiger partial charge is 0.490 e. The number of aryl methyl sites for hydroxylation is 1. The van der Waals surface area contributed by atoms with Crippen LogP contribution in [0.1, 0.15) is 29.1 Å². The number of amides is 1. The number of aliphatic carboxylic acids is 1. The Kier molecular flexibility index (Phi) is 5.54. The zero-order valence-electron chi connectivity index (χ0n) is 14.6. The third-order valence-electron chi connectivity index (χ3n) is 4.52. The summed E-state index contributed by atoms with van der Waals surface area (Å²) in [6.07, 6.45) is -3.15. The summed E-state index contributed by atoms with van der Waals surface area (Å²) >= 11 is 1.55. The standard InChI is InChI=1S/C13H15N5O2S.C2HF3O2/c1-8-6-9(16-20-8)12(19)17-4-2-11-10(17)3-5-18(11)13-15-14-7-21-13;3-2(4,5)1(6)7/h6-7,10-11H,2-5H2,1H3;(H,6,7)/t10-,11+;/m1./s1. The molecule has 4 rings (SSSR count). The van der Waals surface area contributed by atoms with Gasteiger partial charge in [-0.05, 0) is 19.8 Å². The van der Waals surface area contributed by atoms with Gasteiger partial charge in [0.2, 0.25) is 5.13 Å². The number of carbonyl (C=O) groups is 2. The lowest BCUT2D eigenvalue weighted by Crippen LogP contribution is -2.39. The molecule has 9 nitrogen and oxygen atoms in total. The average Bonchev–Trinajstić information content (AvgIpc) is 3.38. The Morgan fingerprint density at radius 2 is 1.96 bits per heavy atom. The molecule has 2 atom stereocenters. The minimum atomic E-state index is -5.08. The molecule has 28 heavy (non-hydrogen) atoms. The molecule has 0 unspecified atom stereocenters. The molecule has 0 aromatic carbocycles. The van der Waals surface area contributed by atoms with E-state index in [1.54, 1.807) is 29.8 Å². The molecule has 0 radical (unpaired) electrons. The zero-order valence-corrected chi connectivity index (χ0v) is 15.4. The molecule has 0 aliphatic carbocycles. The smallest absolute Gasteiger partial charge is 0.475 e. The van der Waals surface area contributed by atoms with E-state index >= 15 is 0 Å². The number of anilines is 1. The summed E-state index contributed by atoms with van der Waals surface area (Å²) in [5, 5.41) is 20.0. The van der Waals surface area contributed by atoms with Gasteiger partial charge >= 0.3 is 12.1 Å². The van der Waals surface area contributed by atoms with E-state index in [-0.39, 0.29) is 11.9 Å². The summed E-state index contributed by atoms with van der Waals surface area (Å²) < 4.78 is 36.7. The minimum Gasteiger partial charge on any atom is -0.475 e. The number of carbonyl (C=O) groups excluding carboxylic acids is 1. The number of carboxylic acids is 1. The van der Waals surface area contributed by atoms with Gasteiger partial charge in [0.1, 0.15) is 11.3 Å². The lowest BCUT2D eigenvalue weighted by molar-refractivity contribution is -0.192. The summed E-state index contributed by atoms with van der Waals surface area (Å²) in [7, 11) is 0. The number of halogens is 3. The maximum atomic E-state index is 12.6. The van der Waals surface area contributed by atoms with Gasteiger partial charge in [-0.15, -0.1) is 10.2 Å². The second kappa shape index (κ2) is 7.73. The van der Waals surface area contributed by atoms with E-state index in [9.17, 15) is 18.0 Å². The van der Waals surface area contributed by atoms with Gasteiger partial charge in [0, 0.05) is 19.2 Å². The molecule has 2 fully saturated rings. The highest BCUT2D eigenvalue weighted by molar-refractivity contribution is 7.13. The van der Waals surface area contributed by atoms with Crippen molar-refractivity contribution in [1.82, 2.24) is 20.3 Å². The van der Waals surface area contributed by atoms with Crippen LogP contribution in [-0.4, -0.2) is 68.6 Å². The van der Waals surface area contributed by atoms with Gasteiger partial charge in [-0.2, -0.15) is 13.2 Å². The number of alkyl halides is 3. The molecule has 1 amide bonds. The molecule has 0 spiro atoms. The number of nitrogens with zero attached hydrogens (tertiary/aromatic N) is 5. The van der Waals surface area contributed by atoms with Gasteiger partial charge in [-0.3, -0.25) is 4.79 Å². The number of aromatic nitrogens is 3. The number of fused-ring (bicyclic) bond motifs is 1.